The van der Waals surface area contributed by atoms with E-state index in [0.29, 0.717) is 33.4 Å². The Morgan fingerprint density at radius 2 is 1.72 bits per heavy atom. The highest BCUT2D eigenvalue weighted by Crippen LogP contribution is 2.52. The second-order valence-corrected chi connectivity index (χ2v) is 11.7. The number of esters is 1. The van der Waals surface area contributed by atoms with Crippen LogP contribution in [0.2, 0.25) is 0 Å². The second kappa shape index (κ2) is 10.6. The first kappa shape index (κ1) is 31.0. The molecule has 43 heavy (non-hydrogen) atoms. The molecular formula is C26H23F6N2O8P. The van der Waals surface area contributed by atoms with Crippen molar-refractivity contribution >= 4 is 24.7 Å². The Morgan fingerprint density at radius 3 is 2.33 bits per heavy atom. The van der Waals surface area contributed by atoms with Gasteiger partial charge >= 0.3 is 26.1 Å². The van der Waals surface area contributed by atoms with Crippen LogP contribution in [0, 0.1) is 6.92 Å². The predicted octanol–water partition coefficient (Wildman–Crippen LogP) is 5.42. The maximum absolute atomic E-state index is 13.5. The van der Waals surface area contributed by atoms with Gasteiger partial charge in [0, 0.05) is 10.9 Å². The molecule has 0 amide bonds. The van der Waals surface area contributed by atoms with Crippen molar-refractivity contribution in [1.82, 2.24) is 9.55 Å². The lowest BCUT2D eigenvalue weighted by Gasteiger charge is -2.26. The molecule has 1 atom stereocenters. The average Bonchev–Trinajstić information content (AvgIpc) is 3.23. The predicted molar refractivity (Wildman–Crippen MR) is 136 cm³/mol. The third-order valence-corrected chi connectivity index (χ3v) is 8.52. The van der Waals surface area contributed by atoms with Crippen LogP contribution in [-0.4, -0.2) is 46.2 Å². The van der Waals surface area contributed by atoms with Gasteiger partial charge in [-0.2, -0.15) is 26.3 Å². The standard InChI is InChI=1S/C26H23F6N2O8P/c1-3-24(37)8-21(35)39-10-17-18(24)7-20-22-16(9-34(20)23(17)36)13(2)15-6-14(4-5-19(15)33-22)42-43(38,40-11-25(27,28)29)41-12-26(30,31)32/h4-7,37H,3,8-12H2,1-2H3/t24-/m1/s1. The molecule has 4 heterocycles. The van der Waals surface area contributed by atoms with Crippen LogP contribution in [0.25, 0.3) is 22.3 Å². The largest absolute Gasteiger partial charge is 0.530 e. The molecule has 0 radical (unpaired) electrons. The Morgan fingerprint density at radius 1 is 1.07 bits per heavy atom. The Bertz CT molecular complexity index is 1720. The number of nitrogens with zero attached hydrogens (tertiary/aromatic N) is 2. The molecule has 5 rings (SSSR count). The van der Waals surface area contributed by atoms with Gasteiger partial charge in [0.25, 0.3) is 5.56 Å². The van der Waals surface area contributed by atoms with Gasteiger partial charge in [-0.15, -0.1) is 0 Å². The van der Waals surface area contributed by atoms with E-state index in [-0.39, 0.29) is 37.1 Å². The van der Waals surface area contributed by atoms with Gasteiger partial charge in [0.1, 0.15) is 18.0 Å². The normalized spacial score (nSPS) is 18.6. The quantitative estimate of drug-likeness (QED) is 0.161. The van der Waals surface area contributed by atoms with E-state index in [1.807, 2.05) is 0 Å². The van der Waals surface area contributed by atoms with Gasteiger partial charge in [-0.3, -0.25) is 18.6 Å². The minimum absolute atomic E-state index is 0.0248. The summed E-state index contributed by atoms with van der Waals surface area (Å²) in [4.78, 5) is 30.2. The van der Waals surface area contributed by atoms with Gasteiger partial charge in [0.05, 0.1) is 35.4 Å². The number of pyridine rings is 2. The number of aryl methyl sites for hydroxylation is 1. The molecule has 3 aromatic rings. The molecule has 0 spiro atoms. The van der Waals surface area contributed by atoms with Crippen molar-refractivity contribution in [1.29, 1.82) is 0 Å². The number of carbonyl (C=O) groups is 1. The third-order valence-electron chi connectivity index (χ3n) is 7.19. The molecule has 17 heteroatoms. The van der Waals surface area contributed by atoms with E-state index >= 15 is 0 Å². The van der Waals surface area contributed by atoms with Crippen LogP contribution >= 0.6 is 7.82 Å². The van der Waals surface area contributed by atoms with Crippen molar-refractivity contribution in [3.8, 4) is 17.1 Å². The van der Waals surface area contributed by atoms with E-state index in [1.165, 1.54) is 16.7 Å². The van der Waals surface area contributed by atoms with E-state index in [4.69, 9.17) is 9.26 Å². The number of alkyl halides is 6. The first-order chi connectivity index (χ1) is 19.9. The molecule has 2 aliphatic heterocycles. The van der Waals surface area contributed by atoms with E-state index in [2.05, 4.69) is 14.0 Å². The fourth-order valence-corrected chi connectivity index (χ4v) is 6.20. The Kier molecular flexibility index (Phi) is 7.65. The summed E-state index contributed by atoms with van der Waals surface area (Å²) < 4.78 is 109. The number of phosphoric acid groups is 1. The van der Waals surface area contributed by atoms with Crippen molar-refractivity contribution in [2.75, 3.05) is 13.2 Å². The Labute approximate surface area is 238 Å². The molecule has 10 nitrogen and oxygen atoms in total. The summed E-state index contributed by atoms with van der Waals surface area (Å²) in [6.07, 6.45) is -10.3. The van der Waals surface area contributed by atoms with Crippen molar-refractivity contribution < 1.29 is 59.1 Å². The summed E-state index contributed by atoms with van der Waals surface area (Å²) in [5.41, 5.74) is 0.383. The number of fused-ring (bicyclic) bond motifs is 5. The number of aromatic nitrogens is 2. The number of phosphoric ester groups is 1. The first-order valence-electron chi connectivity index (χ1n) is 12.7. The second-order valence-electron chi connectivity index (χ2n) is 10.1. The molecule has 1 N–H and O–H groups in total. The molecule has 0 saturated carbocycles. The lowest BCUT2D eigenvalue weighted by molar-refractivity contribution is -0.168. The van der Waals surface area contributed by atoms with Gasteiger partial charge in [-0.25, -0.2) is 9.55 Å². The summed E-state index contributed by atoms with van der Waals surface area (Å²) in [7, 11) is -5.40. The van der Waals surface area contributed by atoms with Crippen LogP contribution in [0.4, 0.5) is 26.3 Å². The van der Waals surface area contributed by atoms with Crippen LogP contribution in [0.15, 0.2) is 29.1 Å². The molecule has 0 unspecified atom stereocenters. The zero-order valence-corrected chi connectivity index (χ0v) is 23.4. The monoisotopic (exact) mass is 636 g/mol. The van der Waals surface area contributed by atoms with Crippen LogP contribution in [-0.2, 0) is 41.9 Å². The summed E-state index contributed by atoms with van der Waals surface area (Å²) in [5, 5.41) is 11.6. The van der Waals surface area contributed by atoms with Gasteiger partial charge in [-0.1, -0.05) is 6.92 Å². The third kappa shape index (κ3) is 6.14. The highest BCUT2D eigenvalue weighted by atomic mass is 31.2. The number of hydrogen-bond acceptors (Lipinski definition) is 9. The number of benzene rings is 1. The molecular weight excluding hydrogens is 613 g/mol. The summed E-state index contributed by atoms with van der Waals surface area (Å²) in [6.45, 7) is -1.36. The zero-order chi connectivity index (χ0) is 31.5. The molecule has 1 aromatic carbocycles. The molecule has 2 aromatic heterocycles. The fourth-order valence-electron chi connectivity index (χ4n) is 5.04. The highest BCUT2D eigenvalue weighted by molar-refractivity contribution is 7.48. The van der Waals surface area contributed by atoms with Crippen LogP contribution in [0.1, 0.15) is 42.0 Å². The molecule has 0 fully saturated rings. The average molecular weight is 636 g/mol. The number of ether oxygens (including phenoxy) is 1. The maximum Gasteiger partial charge on any atom is 0.530 e. The minimum Gasteiger partial charge on any atom is -0.460 e. The number of hydrogen-bond donors (Lipinski definition) is 1. The molecule has 0 saturated heterocycles. The number of cyclic esters (lactones) is 1. The van der Waals surface area contributed by atoms with Crippen molar-refractivity contribution in [2.24, 2.45) is 0 Å². The number of halogens is 6. The minimum atomic E-state index is -5.40. The van der Waals surface area contributed by atoms with Crippen molar-refractivity contribution in [2.45, 2.75) is 57.8 Å². The maximum atomic E-state index is 13.5. The molecule has 0 aliphatic carbocycles. The SMILES string of the molecule is CC[C@@]1(O)CC(=O)OCc2c1cc1n(c2=O)Cc2c-1nc1ccc(OP(=O)(OCC(F)(F)F)OCC(F)(F)F)cc1c2C. The van der Waals surface area contributed by atoms with E-state index < -0.39 is 56.3 Å². The lowest BCUT2D eigenvalue weighted by Crippen LogP contribution is -2.32. The van der Waals surface area contributed by atoms with Crippen LogP contribution in [0.3, 0.4) is 0 Å². The van der Waals surface area contributed by atoms with Crippen LogP contribution < -0.4 is 10.1 Å². The van der Waals surface area contributed by atoms with Gasteiger partial charge < -0.3 is 18.9 Å². The van der Waals surface area contributed by atoms with E-state index in [1.54, 1.807) is 19.9 Å². The zero-order valence-electron chi connectivity index (χ0n) is 22.5. The van der Waals surface area contributed by atoms with Gasteiger partial charge in [0.2, 0.25) is 0 Å². The van der Waals surface area contributed by atoms with Gasteiger partial charge in [-0.05, 0) is 48.7 Å². The Balaban J connectivity index is 1.54. The lowest BCUT2D eigenvalue weighted by atomic mass is 9.85. The van der Waals surface area contributed by atoms with E-state index in [9.17, 15) is 45.6 Å². The number of aliphatic hydroxyl groups is 1. The number of carbonyl (C=O) groups excluding carboxylic acids is 1. The number of rotatable bonds is 7. The summed E-state index contributed by atoms with van der Waals surface area (Å²) >= 11 is 0. The van der Waals surface area contributed by atoms with Crippen LogP contribution in [0.5, 0.6) is 5.75 Å². The first-order valence-corrected chi connectivity index (χ1v) is 14.2. The molecule has 232 valence electrons. The summed E-state index contributed by atoms with van der Waals surface area (Å²) in [5.74, 6) is -1.07. The highest BCUT2D eigenvalue weighted by Gasteiger charge is 2.42. The summed E-state index contributed by atoms with van der Waals surface area (Å²) in [6, 6.07) is 5.24. The van der Waals surface area contributed by atoms with E-state index in [0.717, 1.165) is 6.07 Å². The van der Waals surface area contributed by atoms with Crippen molar-refractivity contribution in [3.05, 3.63) is 56.9 Å². The van der Waals surface area contributed by atoms with Crippen molar-refractivity contribution in [3.63, 3.8) is 0 Å². The Hall–Kier alpha value is -3.46. The van der Waals surface area contributed by atoms with Gasteiger partial charge in [0.15, 0.2) is 13.2 Å². The topological polar surface area (TPSA) is 126 Å². The molecule has 0 bridgehead atoms. The fraction of sp³-hybridized carbons (Fsp3) is 0.423. The smallest absolute Gasteiger partial charge is 0.460 e. The molecule has 2 aliphatic rings.